The Kier molecular flexibility index (Phi) is 3.88. The lowest BCUT2D eigenvalue weighted by Crippen LogP contribution is -2.20. The first-order valence-corrected chi connectivity index (χ1v) is 6.62. The lowest BCUT2D eigenvalue weighted by atomic mass is 9.85. The number of phenolic OH excluding ortho intramolecular Hbond substituents is 1. The third kappa shape index (κ3) is 2.48. The van der Waals surface area contributed by atoms with E-state index in [4.69, 9.17) is 4.74 Å². The highest BCUT2D eigenvalue weighted by Crippen LogP contribution is 2.32. The highest BCUT2D eigenvalue weighted by Gasteiger charge is 2.26. The molecule has 1 N–H and O–H groups in total. The number of carbonyl (C=O) groups excluding carboxylic acids is 2. The smallest absolute Gasteiger partial charge is 0.379 e. The Morgan fingerprint density at radius 2 is 2.00 bits per heavy atom. The van der Waals surface area contributed by atoms with Gasteiger partial charge >= 0.3 is 5.97 Å². The first-order chi connectivity index (χ1) is 9.06. The Morgan fingerprint density at radius 1 is 1.32 bits per heavy atom. The summed E-state index contributed by atoms with van der Waals surface area (Å²) in [5.41, 5.74) is 2.99. The molecule has 102 valence electrons. The maximum Gasteiger partial charge on any atom is 0.379 e. The van der Waals surface area contributed by atoms with E-state index in [0.29, 0.717) is 5.56 Å². The van der Waals surface area contributed by atoms with E-state index < -0.39 is 11.8 Å². The molecule has 0 saturated carbocycles. The standard InChI is InChI=1S/C15H18O4/c1-3-19-15(18)14(17)13-9(2)11-7-5-4-6-10(11)8-12(13)16/h8,16H,3-7H2,1-2H3. The monoisotopic (exact) mass is 262 g/mol. The summed E-state index contributed by atoms with van der Waals surface area (Å²) in [7, 11) is 0. The van der Waals surface area contributed by atoms with E-state index in [1.165, 1.54) is 0 Å². The number of aromatic hydroxyl groups is 1. The normalized spacial score (nSPS) is 13.8. The van der Waals surface area contributed by atoms with Gasteiger partial charge in [-0.15, -0.1) is 0 Å². The van der Waals surface area contributed by atoms with Crippen LogP contribution in [0.2, 0.25) is 0 Å². The average molecular weight is 262 g/mol. The van der Waals surface area contributed by atoms with Crippen molar-refractivity contribution in [1.82, 2.24) is 0 Å². The van der Waals surface area contributed by atoms with Crippen molar-refractivity contribution in [2.24, 2.45) is 0 Å². The van der Waals surface area contributed by atoms with Gasteiger partial charge in [0.1, 0.15) is 5.75 Å². The van der Waals surface area contributed by atoms with Crippen LogP contribution in [-0.4, -0.2) is 23.5 Å². The number of fused-ring (bicyclic) bond motifs is 1. The second-order valence-electron chi connectivity index (χ2n) is 4.79. The molecule has 1 aromatic carbocycles. The van der Waals surface area contributed by atoms with Crippen LogP contribution in [0.4, 0.5) is 0 Å². The number of rotatable bonds is 3. The molecule has 1 aromatic rings. The fourth-order valence-corrected chi connectivity index (χ4v) is 2.68. The number of ketones is 1. The molecular formula is C15H18O4. The van der Waals surface area contributed by atoms with Crippen molar-refractivity contribution in [1.29, 1.82) is 0 Å². The lowest BCUT2D eigenvalue weighted by molar-refractivity contribution is -0.137. The van der Waals surface area contributed by atoms with Crippen LogP contribution in [-0.2, 0) is 22.4 Å². The van der Waals surface area contributed by atoms with Gasteiger partial charge in [0, 0.05) is 0 Å². The number of carbonyl (C=O) groups is 2. The summed E-state index contributed by atoms with van der Waals surface area (Å²) in [5, 5.41) is 10.0. The lowest BCUT2D eigenvalue weighted by Gasteiger charge is -2.20. The number of phenols is 1. The summed E-state index contributed by atoms with van der Waals surface area (Å²) in [6.07, 6.45) is 3.98. The fourth-order valence-electron chi connectivity index (χ4n) is 2.68. The summed E-state index contributed by atoms with van der Waals surface area (Å²) in [6.45, 7) is 3.58. The van der Waals surface area contributed by atoms with Gasteiger partial charge < -0.3 is 9.84 Å². The van der Waals surface area contributed by atoms with Gasteiger partial charge in [-0.3, -0.25) is 4.79 Å². The minimum absolute atomic E-state index is 0.0964. The van der Waals surface area contributed by atoms with Crippen molar-refractivity contribution in [2.45, 2.75) is 39.5 Å². The van der Waals surface area contributed by atoms with Crippen LogP contribution in [0.25, 0.3) is 0 Å². The van der Waals surface area contributed by atoms with Crippen LogP contribution >= 0.6 is 0 Å². The Labute approximate surface area is 112 Å². The van der Waals surface area contributed by atoms with E-state index in [0.717, 1.165) is 36.8 Å². The van der Waals surface area contributed by atoms with E-state index in [-0.39, 0.29) is 17.9 Å². The molecule has 0 bridgehead atoms. The van der Waals surface area contributed by atoms with Gasteiger partial charge in [-0.05, 0) is 62.3 Å². The molecule has 19 heavy (non-hydrogen) atoms. The fraction of sp³-hybridized carbons (Fsp3) is 0.467. The van der Waals surface area contributed by atoms with Crippen LogP contribution in [0, 0.1) is 6.92 Å². The summed E-state index contributed by atoms with van der Waals surface area (Å²) in [4.78, 5) is 23.6. The summed E-state index contributed by atoms with van der Waals surface area (Å²) in [6, 6.07) is 1.62. The first kappa shape index (κ1) is 13.6. The van der Waals surface area contributed by atoms with Crippen molar-refractivity contribution in [3.63, 3.8) is 0 Å². The first-order valence-electron chi connectivity index (χ1n) is 6.62. The molecule has 0 radical (unpaired) electrons. The molecule has 2 rings (SSSR count). The predicted molar refractivity (Wildman–Crippen MR) is 70.4 cm³/mol. The quantitative estimate of drug-likeness (QED) is 0.516. The molecule has 0 amide bonds. The largest absolute Gasteiger partial charge is 0.507 e. The van der Waals surface area contributed by atoms with Gasteiger partial charge in [-0.25, -0.2) is 4.79 Å². The van der Waals surface area contributed by atoms with E-state index in [2.05, 4.69) is 0 Å². The molecule has 0 spiro atoms. The maximum absolute atomic E-state index is 12.0. The molecule has 0 unspecified atom stereocenters. The molecule has 4 heteroatoms. The van der Waals surface area contributed by atoms with Gasteiger partial charge in [-0.1, -0.05) is 0 Å². The van der Waals surface area contributed by atoms with Gasteiger partial charge in [0.25, 0.3) is 5.78 Å². The Hall–Kier alpha value is -1.84. The molecule has 0 aromatic heterocycles. The Bertz CT molecular complexity index is 531. The maximum atomic E-state index is 12.0. The minimum atomic E-state index is -0.906. The van der Waals surface area contributed by atoms with E-state index >= 15 is 0 Å². The van der Waals surface area contributed by atoms with Crippen LogP contribution in [0.15, 0.2) is 6.07 Å². The second kappa shape index (κ2) is 5.43. The number of benzene rings is 1. The summed E-state index contributed by atoms with van der Waals surface area (Å²) >= 11 is 0. The molecule has 0 fully saturated rings. The van der Waals surface area contributed by atoms with Gasteiger partial charge in [0.05, 0.1) is 12.2 Å². The number of Topliss-reactive ketones (excluding diaryl/α,β-unsaturated/α-hetero) is 1. The minimum Gasteiger partial charge on any atom is -0.507 e. The zero-order chi connectivity index (χ0) is 14.0. The van der Waals surface area contributed by atoms with E-state index in [1.807, 2.05) is 0 Å². The van der Waals surface area contributed by atoms with Crippen molar-refractivity contribution < 1.29 is 19.4 Å². The molecule has 4 nitrogen and oxygen atoms in total. The SMILES string of the molecule is CCOC(=O)C(=O)c1c(O)cc2c(c1C)CCCC2. The Morgan fingerprint density at radius 3 is 2.68 bits per heavy atom. The van der Waals surface area contributed by atoms with Crippen LogP contribution in [0.5, 0.6) is 5.75 Å². The van der Waals surface area contributed by atoms with Crippen molar-refractivity contribution >= 4 is 11.8 Å². The second-order valence-corrected chi connectivity index (χ2v) is 4.79. The number of esters is 1. The van der Waals surface area contributed by atoms with Crippen LogP contribution in [0.1, 0.15) is 46.8 Å². The molecule has 0 saturated heterocycles. The zero-order valence-corrected chi connectivity index (χ0v) is 11.3. The van der Waals surface area contributed by atoms with Crippen molar-refractivity contribution in [2.75, 3.05) is 6.61 Å². The molecule has 0 heterocycles. The van der Waals surface area contributed by atoms with Gasteiger partial charge in [0.2, 0.25) is 0 Å². The molecule has 0 aliphatic heterocycles. The molecule has 1 aliphatic carbocycles. The summed E-state index contributed by atoms with van der Waals surface area (Å²) in [5.74, 6) is -1.78. The highest BCUT2D eigenvalue weighted by atomic mass is 16.5. The van der Waals surface area contributed by atoms with Gasteiger partial charge in [0.15, 0.2) is 0 Å². The third-order valence-electron chi connectivity index (χ3n) is 3.59. The van der Waals surface area contributed by atoms with Crippen molar-refractivity contribution in [3.8, 4) is 5.75 Å². The molecular weight excluding hydrogens is 244 g/mol. The van der Waals surface area contributed by atoms with Crippen molar-refractivity contribution in [3.05, 3.63) is 28.3 Å². The third-order valence-corrected chi connectivity index (χ3v) is 3.59. The summed E-state index contributed by atoms with van der Waals surface area (Å²) < 4.78 is 4.71. The topological polar surface area (TPSA) is 63.6 Å². The highest BCUT2D eigenvalue weighted by molar-refractivity contribution is 6.41. The number of aryl methyl sites for hydroxylation is 1. The predicted octanol–water partition coefficient (Wildman–Crippen LogP) is 2.33. The molecule has 1 aliphatic rings. The van der Waals surface area contributed by atoms with E-state index in [1.54, 1.807) is 19.9 Å². The molecule has 0 atom stereocenters. The number of ether oxygens (including phenoxy) is 1. The average Bonchev–Trinajstić information content (AvgIpc) is 2.38. The van der Waals surface area contributed by atoms with Gasteiger partial charge in [-0.2, -0.15) is 0 Å². The number of hydrogen-bond donors (Lipinski definition) is 1. The van der Waals surface area contributed by atoms with E-state index in [9.17, 15) is 14.7 Å². The van der Waals surface area contributed by atoms with Crippen LogP contribution in [0.3, 0.4) is 0 Å². The zero-order valence-electron chi connectivity index (χ0n) is 11.3. The number of hydrogen-bond acceptors (Lipinski definition) is 4. The Balaban J connectivity index is 2.46. The van der Waals surface area contributed by atoms with Crippen LogP contribution < -0.4 is 0 Å².